The first kappa shape index (κ1) is 23.3. The van der Waals surface area contributed by atoms with Crippen LogP contribution in [0.5, 0.6) is 0 Å². The van der Waals surface area contributed by atoms with E-state index in [0.29, 0.717) is 41.6 Å². The molecule has 0 radical (unpaired) electrons. The summed E-state index contributed by atoms with van der Waals surface area (Å²) in [5.74, 6) is 1.11. The standard InChI is InChI=1S/C27H28N8O2/c1-33-15-30-11-19(33)8-27(9-20-12-31-16-34(20)2)26(37)35(25-21-13-29-14-22(21)25)24(32-27)7-23(36)18-5-3-17(10-28)4-6-18/h3-6,11-12,15-16,21-22,25,29H,7-9,13-14H2,1-2H3. The Kier molecular flexibility index (Phi) is 5.53. The summed E-state index contributed by atoms with van der Waals surface area (Å²) < 4.78 is 3.82. The number of hydrogen-bond acceptors (Lipinski definition) is 7. The van der Waals surface area contributed by atoms with Crippen molar-refractivity contribution < 1.29 is 9.59 Å². The fourth-order valence-electron chi connectivity index (χ4n) is 5.87. The summed E-state index contributed by atoms with van der Waals surface area (Å²) >= 11 is 0. The van der Waals surface area contributed by atoms with Gasteiger partial charge in [0, 0.05) is 75.4 Å². The average Bonchev–Trinajstić information content (AvgIpc) is 3.38. The van der Waals surface area contributed by atoms with Crippen LogP contribution in [0, 0.1) is 23.2 Å². The summed E-state index contributed by atoms with van der Waals surface area (Å²) in [6.07, 6.45) is 7.76. The number of piperidine rings is 1. The van der Waals surface area contributed by atoms with Gasteiger partial charge in [-0.05, 0) is 24.0 Å². The van der Waals surface area contributed by atoms with Gasteiger partial charge in [-0.2, -0.15) is 5.26 Å². The number of rotatable bonds is 8. The molecule has 2 aliphatic heterocycles. The van der Waals surface area contributed by atoms with Crippen molar-refractivity contribution >= 4 is 17.5 Å². The van der Waals surface area contributed by atoms with Crippen molar-refractivity contribution in [3.05, 3.63) is 71.8 Å². The Morgan fingerprint density at radius 2 is 1.65 bits per heavy atom. The summed E-state index contributed by atoms with van der Waals surface area (Å²) in [6.45, 7) is 1.73. The molecule has 1 aliphatic carbocycles. The van der Waals surface area contributed by atoms with E-state index in [1.165, 1.54) is 0 Å². The van der Waals surface area contributed by atoms with E-state index in [1.54, 1.807) is 49.3 Å². The van der Waals surface area contributed by atoms with Crippen LogP contribution in [-0.4, -0.2) is 66.2 Å². The van der Waals surface area contributed by atoms with Crippen molar-refractivity contribution in [2.24, 2.45) is 30.9 Å². The number of nitriles is 1. The fourth-order valence-corrected chi connectivity index (χ4v) is 5.87. The predicted molar refractivity (Wildman–Crippen MR) is 135 cm³/mol. The molecule has 0 bridgehead atoms. The van der Waals surface area contributed by atoms with Gasteiger partial charge in [-0.3, -0.25) is 19.5 Å². The number of nitrogens with zero attached hydrogens (tertiary/aromatic N) is 7. The zero-order valence-electron chi connectivity index (χ0n) is 20.8. The first-order valence-electron chi connectivity index (χ1n) is 12.5. The first-order valence-corrected chi connectivity index (χ1v) is 12.5. The number of carbonyl (C=O) groups excluding carboxylic acids is 2. The van der Waals surface area contributed by atoms with Crippen molar-refractivity contribution in [1.82, 2.24) is 29.3 Å². The third-order valence-corrected chi connectivity index (χ3v) is 8.02. The highest BCUT2D eigenvalue weighted by molar-refractivity contribution is 6.17. The molecule has 10 heteroatoms. The minimum absolute atomic E-state index is 0.0273. The number of aryl methyl sites for hydroxylation is 2. The summed E-state index contributed by atoms with van der Waals surface area (Å²) in [4.78, 5) is 43.2. The van der Waals surface area contributed by atoms with Gasteiger partial charge in [-0.25, -0.2) is 9.97 Å². The quantitative estimate of drug-likeness (QED) is 0.469. The van der Waals surface area contributed by atoms with Crippen molar-refractivity contribution in [2.75, 3.05) is 13.1 Å². The van der Waals surface area contributed by atoms with Gasteiger partial charge in [-0.1, -0.05) is 12.1 Å². The van der Waals surface area contributed by atoms with Crippen molar-refractivity contribution in [2.45, 2.75) is 30.8 Å². The SMILES string of the molecule is Cn1cncc1CC1(Cc2cncn2C)N=C(CC(=O)c2ccc(C#N)cc2)N(C2C3CNCC32)C1=O. The average molecular weight is 497 g/mol. The number of imidazole rings is 2. The molecular weight excluding hydrogens is 468 g/mol. The van der Waals surface area contributed by atoms with Gasteiger partial charge in [0.15, 0.2) is 11.3 Å². The summed E-state index contributed by atoms with van der Waals surface area (Å²) in [5.41, 5.74) is 1.71. The molecule has 4 heterocycles. The lowest BCUT2D eigenvalue weighted by molar-refractivity contribution is -0.132. The maximum Gasteiger partial charge on any atom is 0.256 e. The highest BCUT2D eigenvalue weighted by Crippen LogP contribution is 2.49. The van der Waals surface area contributed by atoms with Crippen LogP contribution in [0.3, 0.4) is 0 Å². The zero-order valence-corrected chi connectivity index (χ0v) is 20.8. The number of ketones is 1. The lowest BCUT2D eigenvalue weighted by Gasteiger charge is -2.28. The fraction of sp³-hybridized carbons (Fsp3) is 0.407. The highest BCUT2D eigenvalue weighted by Gasteiger charge is 2.62. The van der Waals surface area contributed by atoms with Gasteiger partial charge >= 0.3 is 0 Å². The lowest BCUT2D eigenvalue weighted by Crippen LogP contribution is -2.48. The number of amidine groups is 1. The molecule has 2 aromatic heterocycles. The molecule has 1 N–H and O–H groups in total. The van der Waals surface area contributed by atoms with Crippen molar-refractivity contribution in [1.29, 1.82) is 5.26 Å². The largest absolute Gasteiger partial charge is 0.338 e. The molecule has 1 saturated carbocycles. The van der Waals surface area contributed by atoms with E-state index in [-0.39, 0.29) is 24.2 Å². The first-order chi connectivity index (χ1) is 17.9. The van der Waals surface area contributed by atoms with Gasteiger partial charge < -0.3 is 14.5 Å². The third kappa shape index (κ3) is 3.96. The third-order valence-electron chi connectivity index (χ3n) is 8.02. The van der Waals surface area contributed by atoms with Crippen LogP contribution in [-0.2, 0) is 31.7 Å². The van der Waals surface area contributed by atoms with Crippen LogP contribution in [0.25, 0.3) is 0 Å². The van der Waals surface area contributed by atoms with E-state index in [2.05, 4.69) is 21.4 Å². The van der Waals surface area contributed by atoms with Crippen LogP contribution < -0.4 is 5.32 Å². The number of carbonyl (C=O) groups is 2. The molecule has 1 amide bonds. The summed E-state index contributed by atoms with van der Waals surface area (Å²) in [7, 11) is 3.82. The molecule has 1 saturated heterocycles. The molecule has 3 aliphatic rings. The number of benzene rings is 1. The number of aliphatic imine (C=N–C) groups is 1. The van der Waals surface area contributed by atoms with Crippen LogP contribution in [0.1, 0.15) is 33.7 Å². The molecular formula is C27H28N8O2. The van der Waals surface area contributed by atoms with E-state index in [4.69, 9.17) is 10.3 Å². The molecule has 1 aromatic carbocycles. The second-order valence-corrected chi connectivity index (χ2v) is 10.3. The van der Waals surface area contributed by atoms with Crippen molar-refractivity contribution in [3.63, 3.8) is 0 Å². The number of amides is 1. The molecule has 2 atom stereocenters. The van der Waals surface area contributed by atoms with E-state index in [1.807, 2.05) is 28.1 Å². The minimum atomic E-state index is -1.09. The maximum atomic E-state index is 14.4. The molecule has 0 spiro atoms. The molecule has 3 aromatic rings. The summed E-state index contributed by atoms with van der Waals surface area (Å²) in [5, 5.41) is 12.5. The van der Waals surface area contributed by atoms with Gasteiger partial charge in [0.05, 0.1) is 30.7 Å². The summed E-state index contributed by atoms with van der Waals surface area (Å²) in [6, 6.07) is 8.74. The Labute approximate surface area is 214 Å². The minimum Gasteiger partial charge on any atom is -0.338 e. The van der Waals surface area contributed by atoms with Crippen LogP contribution >= 0.6 is 0 Å². The molecule has 37 heavy (non-hydrogen) atoms. The Balaban J connectivity index is 1.39. The van der Waals surface area contributed by atoms with Crippen molar-refractivity contribution in [3.8, 4) is 6.07 Å². The number of nitrogens with one attached hydrogen (secondary N) is 1. The number of hydrogen-bond donors (Lipinski definition) is 1. The van der Waals surface area contributed by atoms with E-state index >= 15 is 0 Å². The van der Waals surface area contributed by atoms with Crippen LogP contribution in [0.4, 0.5) is 0 Å². The predicted octanol–water partition coefficient (Wildman–Crippen LogP) is 1.28. The highest BCUT2D eigenvalue weighted by atomic mass is 16.2. The molecule has 2 fully saturated rings. The van der Waals surface area contributed by atoms with Crippen LogP contribution in [0.15, 0.2) is 54.3 Å². The molecule has 10 nitrogen and oxygen atoms in total. The Bertz CT molecular complexity index is 1390. The smallest absolute Gasteiger partial charge is 0.256 e. The zero-order chi connectivity index (χ0) is 25.7. The number of aromatic nitrogens is 4. The van der Waals surface area contributed by atoms with Gasteiger partial charge in [0.2, 0.25) is 0 Å². The van der Waals surface area contributed by atoms with E-state index in [0.717, 1.165) is 24.5 Å². The lowest BCUT2D eigenvalue weighted by atomic mass is 9.88. The van der Waals surface area contributed by atoms with Crippen LogP contribution in [0.2, 0.25) is 0 Å². The Hall–Kier alpha value is -4.10. The normalized spacial score (nSPS) is 23.6. The number of Topliss-reactive ketones (excluding diaryl/α,β-unsaturated/α-hetero) is 1. The second kappa shape index (κ2) is 8.78. The van der Waals surface area contributed by atoms with Gasteiger partial charge in [0.1, 0.15) is 5.84 Å². The molecule has 6 rings (SSSR count). The van der Waals surface area contributed by atoms with Gasteiger partial charge in [0.25, 0.3) is 5.91 Å². The maximum absolute atomic E-state index is 14.4. The monoisotopic (exact) mass is 496 g/mol. The Morgan fingerprint density at radius 1 is 1.05 bits per heavy atom. The van der Waals surface area contributed by atoms with Gasteiger partial charge in [-0.15, -0.1) is 0 Å². The second-order valence-electron chi connectivity index (χ2n) is 10.3. The molecule has 188 valence electrons. The van der Waals surface area contributed by atoms with E-state index < -0.39 is 5.54 Å². The number of fused-ring (bicyclic) bond motifs is 1. The molecule has 2 unspecified atom stereocenters. The Morgan fingerprint density at radius 3 is 2.16 bits per heavy atom. The van der Waals surface area contributed by atoms with E-state index in [9.17, 15) is 9.59 Å². The topological polar surface area (TPSA) is 121 Å².